The Morgan fingerprint density at radius 2 is 1.74 bits per heavy atom. The number of anilines is 1. The van der Waals surface area contributed by atoms with Crippen molar-refractivity contribution in [2.24, 2.45) is 0 Å². The standard InChI is InChI=1S/C26H25N5O4/c1-18-6-3-4-9-23(18)28-12-14-29(15-13-28)26(32)24-17-22(25-11-10-19(2)35-25)27-30(24)20-7-5-8-21(16-20)31(33)34/h3-11,16-17H,12-15H2,1-2H3. The van der Waals surface area contributed by atoms with Crippen LogP contribution in [0, 0.1) is 24.0 Å². The highest BCUT2D eigenvalue weighted by atomic mass is 16.6. The predicted octanol–water partition coefficient (Wildman–Crippen LogP) is 4.62. The molecular weight excluding hydrogens is 446 g/mol. The third-order valence-corrected chi connectivity index (χ3v) is 6.23. The van der Waals surface area contributed by atoms with Gasteiger partial charge in [0.2, 0.25) is 0 Å². The molecule has 9 nitrogen and oxygen atoms in total. The minimum absolute atomic E-state index is 0.0707. The summed E-state index contributed by atoms with van der Waals surface area (Å²) in [6.07, 6.45) is 0. The van der Waals surface area contributed by atoms with Gasteiger partial charge in [-0.25, -0.2) is 4.68 Å². The summed E-state index contributed by atoms with van der Waals surface area (Å²) in [6.45, 7) is 6.46. The Kier molecular flexibility index (Phi) is 5.82. The van der Waals surface area contributed by atoms with E-state index >= 15 is 0 Å². The molecule has 0 N–H and O–H groups in total. The van der Waals surface area contributed by atoms with Gasteiger partial charge >= 0.3 is 0 Å². The van der Waals surface area contributed by atoms with Gasteiger partial charge in [0, 0.05) is 50.1 Å². The summed E-state index contributed by atoms with van der Waals surface area (Å²) in [6, 6.07) is 19.6. The van der Waals surface area contributed by atoms with Crippen LogP contribution in [0.25, 0.3) is 17.1 Å². The summed E-state index contributed by atoms with van der Waals surface area (Å²) in [5.41, 5.74) is 3.57. The van der Waals surface area contributed by atoms with Crippen molar-refractivity contribution in [3.63, 3.8) is 0 Å². The Balaban J connectivity index is 1.46. The van der Waals surface area contributed by atoms with Crippen molar-refractivity contribution in [2.45, 2.75) is 13.8 Å². The Morgan fingerprint density at radius 1 is 0.971 bits per heavy atom. The van der Waals surface area contributed by atoms with Crippen LogP contribution < -0.4 is 4.90 Å². The minimum atomic E-state index is -0.462. The van der Waals surface area contributed by atoms with Gasteiger partial charge in [-0.1, -0.05) is 24.3 Å². The van der Waals surface area contributed by atoms with Crippen LogP contribution >= 0.6 is 0 Å². The minimum Gasteiger partial charge on any atom is -0.460 e. The SMILES string of the molecule is Cc1ccc(-c2cc(C(=O)N3CCN(c4ccccc4C)CC3)n(-c3cccc([N+](=O)[O-])c3)n2)o1. The lowest BCUT2D eigenvalue weighted by Crippen LogP contribution is -2.49. The first kappa shape index (κ1) is 22.4. The number of hydrogen-bond donors (Lipinski definition) is 0. The number of piperazine rings is 1. The fourth-order valence-electron chi connectivity index (χ4n) is 4.39. The van der Waals surface area contributed by atoms with Gasteiger partial charge < -0.3 is 14.2 Å². The van der Waals surface area contributed by atoms with E-state index in [0.717, 1.165) is 5.76 Å². The van der Waals surface area contributed by atoms with Gasteiger partial charge in [0.25, 0.3) is 11.6 Å². The van der Waals surface area contributed by atoms with Crippen LogP contribution in [0.2, 0.25) is 0 Å². The fourth-order valence-corrected chi connectivity index (χ4v) is 4.39. The molecule has 0 spiro atoms. The number of nitro benzene ring substituents is 1. The lowest BCUT2D eigenvalue weighted by Gasteiger charge is -2.36. The van der Waals surface area contributed by atoms with Gasteiger partial charge in [-0.05, 0) is 43.7 Å². The van der Waals surface area contributed by atoms with Gasteiger partial charge in [0.1, 0.15) is 17.1 Å². The molecule has 1 fully saturated rings. The third kappa shape index (κ3) is 4.40. The van der Waals surface area contributed by atoms with E-state index in [1.54, 1.807) is 29.2 Å². The van der Waals surface area contributed by atoms with E-state index in [9.17, 15) is 14.9 Å². The maximum Gasteiger partial charge on any atom is 0.272 e. The number of benzene rings is 2. The van der Waals surface area contributed by atoms with Gasteiger partial charge in [-0.2, -0.15) is 5.10 Å². The van der Waals surface area contributed by atoms with E-state index in [-0.39, 0.29) is 11.6 Å². The molecule has 0 saturated carbocycles. The smallest absolute Gasteiger partial charge is 0.272 e. The highest BCUT2D eigenvalue weighted by molar-refractivity contribution is 5.94. The molecule has 0 radical (unpaired) electrons. The molecule has 0 unspecified atom stereocenters. The number of aryl methyl sites for hydroxylation is 2. The van der Waals surface area contributed by atoms with Crippen molar-refractivity contribution < 1.29 is 14.1 Å². The van der Waals surface area contributed by atoms with Gasteiger partial charge in [-0.3, -0.25) is 14.9 Å². The van der Waals surface area contributed by atoms with E-state index in [1.165, 1.54) is 28.1 Å². The number of para-hydroxylation sites is 1. The fraction of sp³-hybridized carbons (Fsp3) is 0.231. The molecule has 2 aromatic carbocycles. The summed E-state index contributed by atoms with van der Waals surface area (Å²) < 4.78 is 7.19. The average Bonchev–Trinajstić information content (AvgIpc) is 3.51. The van der Waals surface area contributed by atoms with E-state index in [1.807, 2.05) is 25.1 Å². The lowest BCUT2D eigenvalue weighted by molar-refractivity contribution is -0.384. The Bertz CT molecular complexity index is 1400. The summed E-state index contributed by atoms with van der Waals surface area (Å²) in [4.78, 5) is 28.6. The van der Waals surface area contributed by atoms with E-state index < -0.39 is 4.92 Å². The first-order valence-corrected chi connectivity index (χ1v) is 11.4. The molecule has 1 amide bonds. The van der Waals surface area contributed by atoms with E-state index in [2.05, 4.69) is 29.1 Å². The molecule has 35 heavy (non-hydrogen) atoms. The molecule has 1 aliphatic rings. The lowest BCUT2D eigenvalue weighted by atomic mass is 10.1. The summed E-state index contributed by atoms with van der Waals surface area (Å²) in [7, 11) is 0. The molecule has 1 saturated heterocycles. The van der Waals surface area contributed by atoms with Crippen molar-refractivity contribution in [3.8, 4) is 17.1 Å². The van der Waals surface area contributed by atoms with Crippen LogP contribution in [0.1, 0.15) is 21.8 Å². The number of amides is 1. The van der Waals surface area contributed by atoms with Gasteiger partial charge in [0.15, 0.2) is 5.76 Å². The van der Waals surface area contributed by atoms with Crippen molar-refractivity contribution >= 4 is 17.3 Å². The topological polar surface area (TPSA) is 97.7 Å². The van der Waals surface area contributed by atoms with E-state index in [4.69, 9.17) is 4.42 Å². The summed E-state index contributed by atoms with van der Waals surface area (Å²) >= 11 is 0. The van der Waals surface area contributed by atoms with Crippen LogP contribution in [-0.2, 0) is 0 Å². The van der Waals surface area contributed by atoms with Gasteiger partial charge in [0.05, 0.1) is 10.6 Å². The number of furan rings is 1. The highest BCUT2D eigenvalue weighted by Crippen LogP contribution is 2.27. The Labute approximate surface area is 202 Å². The molecule has 4 aromatic rings. The number of carbonyl (C=O) groups excluding carboxylic acids is 1. The summed E-state index contributed by atoms with van der Waals surface area (Å²) in [5, 5.41) is 15.9. The molecule has 0 atom stereocenters. The molecule has 2 aromatic heterocycles. The van der Waals surface area contributed by atoms with E-state index in [0.29, 0.717) is 49.0 Å². The second kappa shape index (κ2) is 9.09. The first-order chi connectivity index (χ1) is 16.9. The zero-order chi connectivity index (χ0) is 24.5. The quantitative estimate of drug-likeness (QED) is 0.311. The molecule has 0 aliphatic carbocycles. The number of nitrogens with zero attached hydrogens (tertiary/aromatic N) is 5. The van der Waals surface area contributed by atoms with Crippen molar-refractivity contribution in [1.82, 2.24) is 14.7 Å². The number of hydrogen-bond acceptors (Lipinski definition) is 6. The second-order valence-electron chi connectivity index (χ2n) is 8.58. The summed E-state index contributed by atoms with van der Waals surface area (Å²) in [5.74, 6) is 1.08. The maximum atomic E-state index is 13.7. The molecular formula is C26H25N5O4. The number of carbonyl (C=O) groups is 1. The zero-order valence-corrected chi connectivity index (χ0v) is 19.5. The third-order valence-electron chi connectivity index (χ3n) is 6.23. The molecule has 178 valence electrons. The van der Waals surface area contributed by atoms with Crippen LogP contribution in [-0.4, -0.2) is 51.7 Å². The normalized spacial score (nSPS) is 13.8. The number of nitro groups is 1. The largest absolute Gasteiger partial charge is 0.460 e. The molecule has 5 rings (SSSR count). The van der Waals surface area contributed by atoms with Gasteiger partial charge in [-0.15, -0.1) is 0 Å². The monoisotopic (exact) mass is 471 g/mol. The number of rotatable bonds is 5. The van der Waals surface area contributed by atoms with Crippen LogP contribution in [0.15, 0.2) is 71.1 Å². The van der Waals surface area contributed by atoms with Crippen molar-refractivity contribution in [2.75, 3.05) is 31.1 Å². The van der Waals surface area contributed by atoms with Crippen molar-refractivity contribution in [1.29, 1.82) is 0 Å². The highest BCUT2D eigenvalue weighted by Gasteiger charge is 2.27. The second-order valence-corrected chi connectivity index (χ2v) is 8.58. The molecule has 3 heterocycles. The van der Waals surface area contributed by atoms with Crippen molar-refractivity contribution in [3.05, 3.63) is 93.9 Å². The molecule has 9 heteroatoms. The number of non-ortho nitro benzene ring substituents is 1. The Morgan fingerprint density at radius 3 is 2.43 bits per heavy atom. The van der Waals surface area contributed by atoms with Crippen LogP contribution in [0.3, 0.4) is 0 Å². The predicted molar refractivity (Wildman–Crippen MR) is 132 cm³/mol. The Hall–Kier alpha value is -4.40. The average molecular weight is 472 g/mol. The van der Waals surface area contributed by atoms with Crippen LogP contribution in [0.5, 0.6) is 0 Å². The zero-order valence-electron chi connectivity index (χ0n) is 19.5. The first-order valence-electron chi connectivity index (χ1n) is 11.4. The number of aromatic nitrogens is 2. The maximum absolute atomic E-state index is 13.7. The molecule has 0 bridgehead atoms. The molecule has 1 aliphatic heterocycles. The van der Waals surface area contributed by atoms with Crippen LogP contribution in [0.4, 0.5) is 11.4 Å².